The van der Waals surface area contributed by atoms with Crippen molar-refractivity contribution >= 4 is 12.1 Å². The van der Waals surface area contributed by atoms with Gasteiger partial charge in [-0.1, -0.05) is 41.6 Å². The maximum Gasteiger partial charge on any atom is 0.407 e. The number of carbonyl (C=O) groups excluding carboxylic acids is 1. The van der Waals surface area contributed by atoms with E-state index in [9.17, 15) is 9.59 Å². The number of amides is 1. The lowest BCUT2D eigenvalue weighted by atomic mass is 10.1. The molecular weight excluding hydrogens is 402 g/mol. The van der Waals surface area contributed by atoms with Gasteiger partial charge in [-0.2, -0.15) is 4.98 Å². The molecule has 2 aromatic carbocycles. The normalized spacial score (nSPS) is 11.1. The number of nitrogens with zero attached hydrogens (tertiary/aromatic N) is 2. The SMILES string of the molecule is Cc1nc(-c2ccc(COC(=O)NCc3cccc(OC(C)(C)C(=O)O)c3)cc2)no1. The standard InChI is InChI=1S/C22H23N3O6/c1-14-24-19(25-31-14)17-9-7-15(8-10-17)13-29-21(28)23-12-16-5-4-6-18(11-16)30-22(2,3)20(26)27/h4-11H,12-13H2,1-3H3,(H,23,28)(H,26,27). The van der Waals surface area contributed by atoms with Gasteiger partial charge in [0.2, 0.25) is 11.7 Å². The van der Waals surface area contributed by atoms with E-state index in [-0.39, 0.29) is 13.2 Å². The van der Waals surface area contributed by atoms with Gasteiger partial charge in [-0.25, -0.2) is 9.59 Å². The average Bonchev–Trinajstić information content (AvgIpc) is 3.17. The summed E-state index contributed by atoms with van der Waals surface area (Å²) in [5.74, 6) is 0.319. The largest absolute Gasteiger partial charge is 0.478 e. The fourth-order valence-corrected chi connectivity index (χ4v) is 2.60. The molecule has 162 valence electrons. The topological polar surface area (TPSA) is 124 Å². The molecular formula is C22H23N3O6. The maximum absolute atomic E-state index is 12.0. The zero-order chi connectivity index (χ0) is 22.4. The van der Waals surface area contributed by atoms with Gasteiger partial charge in [-0.05, 0) is 37.1 Å². The molecule has 0 radical (unpaired) electrons. The number of aryl methyl sites for hydroxylation is 1. The quantitative estimate of drug-likeness (QED) is 0.560. The Morgan fingerprint density at radius 2 is 1.87 bits per heavy atom. The molecule has 0 aliphatic heterocycles. The smallest absolute Gasteiger partial charge is 0.407 e. The molecule has 0 saturated carbocycles. The van der Waals surface area contributed by atoms with Crippen LogP contribution < -0.4 is 10.1 Å². The van der Waals surface area contributed by atoms with E-state index < -0.39 is 17.7 Å². The van der Waals surface area contributed by atoms with E-state index in [1.807, 2.05) is 24.3 Å². The number of hydrogen-bond acceptors (Lipinski definition) is 7. The first-order chi connectivity index (χ1) is 14.7. The molecule has 1 heterocycles. The number of carboxylic acids is 1. The highest BCUT2D eigenvalue weighted by molar-refractivity contribution is 5.76. The Hall–Kier alpha value is -3.88. The minimum absolute atomic E-state index is 0.105. The Bertz CT molecular complexity index is 1060. The molecule has 9 nitrogen and oxygen atoms in total. The van der Waals surface area contributed by atoms with Crippen molar-refractivity contribution in [3.8, 4) is 17.1 Å². The number of carboxylic acid groups (broad SMARTS) is 1. The third kappa shape index (κ3) is 6.05. The van der Waals surface area contributed by atoms with E-state index >= 15 is 0 Å². The van der Waals surface area contributed by atoms with Crippen LogP contribution in [-0.4, -0.2) is 32.9 Å². The lowest BCUT2D eigenvalue weighted by Gasteiger charge is -2.21. The summed E-state index contributed by atoms with van der Waals surface area (Å²) in [6.07, 6.45) is -0.574. The van der Waals surface area contributed by atoms with Crippen LogP contribution in [0.25, 0.3) is 11.4 Å². The summed E-state index contributed by atoms with van der Waals surface area (Å²) in [7, 11) is 0. The molecule has 9 heteroatoms. The molecule has 0 saturated heterocycles. The van der Waals surface area contributed by atoms with Gasteiger partial charge in [0.05, 0.1) is 0 Å². The Morgan fingerprint density at radius 3 is 2.52 bits per heavy atom. The molecule has 0 spiro atoms. The minimum atomic E-state index is -1.36. The van der Waals surface area contributed by atoms with Crippen molar-refractivity contribution in [2.75, 3.05) is 0 Å². The first-order valence-corrected chi connectivity index (χ1v) is 9.54. The van der Waals surface area contributed by atoms with Crippen LogP contribution in [0.4, 0.5) is 4.79 Å². The fraction of sp³-hybridized carbons (Fsp3) is 0.273. The average molecular weight is 425 g/mol. The predicted octanol–water partition coefficient (Wildman–Crippen LogP) is 3.71. The van der Waals surface area contributed by atoms with E-state index in [1.165, 1.54) is 13.8 Å². The summed E-state index contributed by atoms with van der Waals surface area (Å²) in [5.41, 5.74) is 1.00. The molecule has 3 aromatic rings. The van der Waals surface area contributed by atoms with Crippen LogP contribution in [0.2, 0.25) is 0 Å². The van der Waals surface area contributed by atoms with Crippen molar-refractivity contribution in [2.45, 2.75) is 39.5 Å². The van der Waals surface area contributed by atoms with Gasteiger partial charge < -0.3 is 24.4 Å². The van der Waals surface area contributed by atoms with Crippen LogP contribution in [0, 0.1) is 6.92 Å². The number of hydrogen-bond donors (Lipinski definition) is 2. The highest BCUT2D eigenvalue weighted by atomic mass is 16.5. The monoisotopic (exact) mass is 425 g/mol. The predicted molar refractivity (Wildman–Crippen MR) is 110 cm³/mol. The zero-order valence-corrected chi connectivity index (χ0v) is 17.4. The molecule has 3 rings (SSSR count). The number of aliphatic carboxylic acids is 1. The van der Waals surface area contributed by atoms with Crippen LogP contribution in [0.5, 0.6) is 5.75 Å². The van der Waals surface area contributed by atoms with Gasteiger partial charge in [0.1, 0.15) is 12.4 Å². The van der Waals surface area contributed by atoms with E-state index in [0.717, 1.165) is 16.7 Å². The summed E-state index contributed by atoms with van der Waals surface area (Å²) >= 11 is 0. The molecule has 1 aromatic heterocycles. The first-order valence-electron chi connectivity index (χ1n) is 9.54. The summed E-state index contributed by atoms with van der Waals surface area (Å²) in [6.45, 7) is 4.96. The number of rotatable bonds is 8. The number of ether oxygens (including phenoxy) is 2. The van der Waals surface area contributed by atoms with Crippen molar-refractivity contribution in [2.24, 2.45) is 0 Å². The van der Waals surface area contributed by atoms with Gasteiger partial charge in [-0.3, -0.25) is 0 Å². The highest BCUT2D eigenvalue weighted by Gasteiger charge is 2.29. The third-order valence-electron chi connectivity index (χ3n) is 4.33. The molecule has 0 aliphatic rings. The molecule has 0 aliphatic carbocycles. The minimum Gasteiger partial charge on any atom is -0.478 e. The number of carbonyl (C=O) groups is 2. The second-order valence-electron chi connectivity index (χ2n) is 7.33. The summed E-state index contributed by atoms with van der Waals surface area (Å²) in [4.78, 5) is 27.4. The maximum atomic E-state index is 12.0. The van der Waals surface area contributed by atoms with Crippen molar-refractivity contribution < 1.29 is 28.7 Å². The van der Waals surface area contributed by atoms with E-state index in [4.69, 9.17) is 19.1 Å². The third-order valence-corrected chi connectivity index (χ3v) is 4.33. The van der Waals surface area contributed by atoms with Gasteiger partial charge in [-0.15, -0.1) is 0 Å². The number of benzene rings is 2. The first kappa shape index (κ1) is 21.8. The van der Waals surface area contributed by atoms with Gasteiger partial charge in [0.15, 0.2) is 5.60 Å². The summed E-state index contributed by atoms with van der Waals surface area (Å²) in [5, 5.41) is 15.7. The second-order valence-corrected chi connectivity index (χ2v) is 7.33. The van der Waals surface area contributed by atoms with Crippen molar-refractivity contribution in [1.29, 1.82) is 0 Å². The fourth-order valence-electron chi connectivity index (χ4n) is 2.60. The van der Waals surface area contributed by atoms with Gasteiger partial charge in [0.25, 0.3) is 0 Å². The van der Waals surface area contributed by atoms with Crippen LogP contribution in [0.15, 0.2) is 53.1 Å². The zero-order valence-electron chi connectivity index (χ0n) is 17.4. The Labute approximate surface area is 179 Å². The van der Waals surface area contributed by atoms with E-state index in [0.29, 0.717) is 17.5 Å². The molecule has 0 atom stereocenters. The Kier molecular flexibility index (Phi) is 6.54. The molecule has 1 amide bonds. The van der Waals surface area contributed by atoms with Gasteiger partial charge >= 0.3 is 12.1 Å². The lowest BCUT2D eigenvalue weighted by Crippen LogP contribution is -2.37. The molecule has 0 fully saturated rings. The van der Waals surface area contributed by atoms with Crippen LogP contribution in [0.3, 0.4) is 0 Å². The van der Waals surface area contributed by atoms with Crippen molar-refractivity contribution in [3.63, 3.8) is 0 Å². The second kappa shape index (κ2) is 9.29. The molecule has 2 N–H and O–H groups in total. The van der Waals surface area contributed by atoms with E-state index in [2.05, 4.69) is 15.5 Å². The van der Waals surface area contributed by atoms with Crippen LogP contribution >= 0.6 is 0 Å². The number of alkyl carbamates (subject to hydrolysis) is 1. The lowest BCUT2D eigenvalue weighted by molar-refractivity contribution is -0.152. The van der Waals surface area contributed by atoms with Crippen LogP contribution in [0.1, 0.15) is 30.9 Å². The molecule has 31 heavy (non-hydrogen) atoms. The highest BCUT2D eigenvalue weighted by Crippen LogP contribution is 2.20. The van der Waals surface area contributed by atoms with Crippen molar-refractivity contribution in [3.05, 3.63) is 65.5 Å². The Morgan fingerprint density at radius 1 is 1.13 bits per heavy atom. The number of nitrogens with one attached hydrogen (secondary N) is 1. The van der Waals surface area contributed by atoms with Crippen LogP contribution in [-0.2, 0) is 22.7 Å². The van der Waals surface area contributed by atoms with E-state index in [1.54, 1.807) is 31.2 Å². The summed E-state index contributed by atoms with van der Waals surface area (Å²) < 4.78 is 15.7. The molecule has 0 bridgehead atoms. The van der Waals surface area contributed by atoms with Crippen molar-refractivity contribution in [1.82, 2.24) is 15.5 Å². The molecule has 0 unspecified atom stereocenters. The van der Waals surface area contributed by atoms with Gasteiger partial charge in [0, 0.05) is 19.0 Å². The summed E-state index contributed by atoms with van der Waals surface area (Å²) in [6, 6.07) is 14.1. The number of aromatic nitrogens is 2. The Balaban J connectivity index is 1.48.